The predicted molar refractivity (Wildman–Crippen MR) is 83.9 cm³/mol. The average molecular weight is 279 g/mol. The summed E-state index contributed by atoms with van der Waals surface area (Å²) in [5.41, 5.74) is 0.311. The minimum absolute atomic E-state index is 0.311. The molecule has 2 aliphatic carbocycles. The molecule has 0 bridgehead atoms. The molecule has 0 aromatic heterocycles. The highest BCUT2D eigenvalue weighted by Crippen LogP contribution is 2.43. The van der Waals surface area contributed by atoms with E-state index in [1.54, 1.807) is 0 Å². The largest absolute Gasteiger partial charge is 0.370 e. The first-order valence-corrected chi connectivity index (χ1v) is 9.18. The summed E-state index contributed by atoms with van der Waals surface area (Å²) >= 11 is 0. The van der Waals surface area contributed by atoms with Crippen molar-refractivity contribution >= 4 is 0 Å². The summed E-state index contributed by atoms with van der Waals surface area (Å²) in [4.78, 5) is 0. The van der Waals surface area contributed by atoms with Crippen LogP contribution >= 0.6 is 0 Å². The van der Waals surface area contributed by atoms with Gasteiger partial charge in [-0.05, 0) is 56.9 Å². The molecule has 1 atom stereocenters. The van der Waals surface area contributed by atoms with Crippen molar-refractivity contribution in [1.82, 2.24) is 5.32 Å². The fourth-order valence-electron chi connectivity index (χ4n) is 4.72. The van der Waals surface area contributed by atoms with E-state index in [2.05, 4.69) is 12.2 Å². The van der Waals surface area contributed by atoms with Gasteiger partial charge in [0.05, 0.1) is 11.7 Å². The number of rotatable bonds is 5. The second-order valence-corrected chi connectivity index (χ2v) is 7.62. The molecule has 1 heterocycles. The zero-order valence-corrected chi connectivity index (χ0v) is 13.3. The van der Waals surface area contributed by atoms with Gasteiger partial charge in [0.2, 0.25) is 0 Å². The monoisotopic (exact) mass is 279 g/mol. The van der Waals surface area contributed by atoms with Crippen molar-refractivity contribution in [2.24, 2.45) is 11.8 Å². The Balaban J connectivity index is 1.31. The first kappa shape index (κ1) is 14.8. The second-order valence-electron chi connectivity index (χ2n) is 7.62. The fourth-order valence-corrected chi connectivity index (χ4v) is 4.72. The molecule has 0 amide bonds. The SMILES string of the molecule is CCC1CCC(CNCC2CCC3(CCCC3)O2)CC1. The minimum Gasteiger partial charge on any atom is -0.370 e. The maximum Gasteiger partial charge on any atom is 0.0708 e. The summed E-state index contributed by atoms with van der Waals surface area (Å²) in [7, 11) is 0. The van der Waals surface area contributed by atoms with Crippen LogP contribution in [0, 0.1) is 11.8 Å². The van der Waals surface area contributed by atoms with Crippen molar-refractivity contribution in [3.63, 3.8) is 0 Å². The highest BCUT2D eigenvalue weighted by atomic mass is 16.5. The van der Waals surface area contributed by atoms with Gasteiger partial charge in [-0.1, -0.05) is 39.0 Å². The van der Waals surface area contributed by atoms with Crippen LogP contribution in [0.5, 0.6) is 0 Å². The van der Waals surface area contributed by atoms with Gasteiger partial charge in [-0.2, -0.15) is 0 Å². The predicted octanol–water partition coefficient (Wildman–Crippen LogP) is 4.28. The summed E-state index contributed by atoms with van der Waals surface area (Å²) < 4.78 is 6.37. The summed E-state index contributed by atoms with van der Waals surface area (Å²) in [6, 6.07) is 0. The number of nitrogens with one attached hydrogen (secondary N) is 1. The van der Waals surface area contributed by atoms with Gasteiger partial charge in [-0.25, -0.2) is 0 Å². The lowest BCUT2D eigenvalue weighted by Crippen LogP contribution is -2.34. The van der Waals surface area contributed by atoms with Crippen LogP contribution in [0.3, 0.4) is 0 Å². The number of ether oxygens (including phenoxy) is 1. The molecule has 2 nitrogen and oxygen atoms in total. The molecule has 1 spiro atoms. The third-order valence-corrected chi connectivity index (χ3v) is 6.20. The van der Waals surface area contributed by atoms with E-state index >= 15 is 0 Å². The Morgan fingerprint density at radius 2 is 1.60 bits per heavy atom. The zero-order chi connectivity index (χ0) is 13.8. The first-order valence-electron chi connectivity index (χ1n) is 9.18. The van der Waals surface area contributed by atoms with Crippen LogP contribution in [0.15, 0.2) is 0 Å². The molecule has 116 valence electrons. The van der Waals surface area contributed by atoms with Gasteiger partial charge >= 0.3 is 0 Å². The van der Waals surface area contributed by atoms with E-state index in [1.165, 1.54) is 77.2 Å². The number of hydrogen-bond acceptors (Lipinski definition) is 2. The molecule has 20 heavy (non-hydrogen) atoms. The summed E-state index contributed by atoms with van der Waals surface area (Å²) in [6.45, 7) is 4.66. The molecule has 2 heteroatoms. The van der Waals surface area contributed by atoms with Gasteiger partial charge in [0.1, 0.15) is 0 Å². The zero-order valence-electron chi connectivity index (χ0n) is 13.3. The topological polar surface area (TPSA) is 21.3 Å². The summed E-state index contributed by atoms with van der Waals surface area (Å²) in [5.74, 6) is 1.95. The van der Waals surface area contributed by atoms with Gasteiger partial charge in [0.25, 0.3) is 0 Å². The average Bonchev–Trinajstić information content (AvgIpc) is 3.10. The van der Waals surface area contributed by atoms with E-state index in [0.29, 0.717) is 11.7 Å². The molecule has 3 rings (SSSR count). The van der Waals surface area contributed by atoms with Crippen molar-refractivity contribution < 1.29 is 4.74 Å². The maximum absolute atomic E-state index is 6.37. The van der Waals surface area contributed by atoms with E-state index in [0.717, 1.165) is 18.4 Å². The van der Waals surface area contributed by atoms with Crippen LogP contribution in [0.4, 0.5) is 0 Å². The van der Waals surface area contributed by atoms with Crippen molar-refractivity contribution in [3.05, 3.63) is 0 Å². The summed E-state index contributed by atoms with van der Waals surface area (Å²) in [5, 5.41) is 3.71. The van der Waals surface area contributed by atoms with Crippen molar-refractivity contribution in [3.8, 4) is 0 Å². The van der Waals surface area contributed by atoms with Gasteiger partial charge in [-0.15, -0.1) is 0 Å². The van der Waals surface area contributed by atoms with E-state index in [4.69, 9.17) is 4.74 Å². The van der Waals surface area contributed by atoms with Crippen molar-refractivity contribution in [2.75, 3.05) is 13.1 Å². The van der Waals surface area contributed by atoms with Gasteiger partial charge < -0.3 is 10.1 Å². The van der Waals surface area contributed by atoms with E-state index in [1.807, 2.05) is 0 Å². The smallest absolute Gasteiger partial charge is 0.0708 e. The Kier molecular flexibility index (Phi) is 5.04. The molecule has 1 N–H and O–H groups in total. The molecule has 3 fully saturated rings. The molecule has 2 saturated carbocycles. The number of hydrogen-bond donors (Lipinski definition) is 1. The Morgan fingerprint density at radius 3 is 2.30 bits per heavy atom. The Morgan fingerprint density at radius 1 is 0.900 bits per heavy atom. The van der Waals surface area contributed by atoms with Crippen LogP contribution in [0.25, 0.3) is 0 Å². The van der Waals surface area contributed by atoms with Crippen LogP contribution in [-0.2, 0) is 4.74 Å². The third kappa shape index (κ3) is 3.57. The van der Waals surface area contributed by atoms with Gasteiger partial charge in [0, 0.05) is 6.54 Å². The molecule has 0 radical (unpaired) electrons. The van der Waals surface area contributed by atoms with Crippen molar-refractivity contribution in [1.29, 1.82) is 0 Å². The van der Waals surface area contributed by atoms with E-state index in [9.17, 15) is 0 Å². The molecule has 0 aromatic carbocycles. The maximum atomic E-state index is 6.37. The molecule has 1 unspecified atom stereocenters. The Hall–Kier alpha value is -0.0800. The molecule has 1 aliphatic heterocycles. The lowest BCUT2D eigenvalue weighted by molar-refractivity contribution is -0.0353. The van der Waals surface area contributed by atoms with Crippen LogP contribution in [-0.4, -0.2) is 24.8 Å². The fraction of sp³-hybridized carbons (Fsp3) is 1.00. The van der Waals surface area contributed by atoms with Crippen LogP contribution in [0.1, 0.15) is 77.6 Å². The third-order valence-electron chi connectivity index (χ3n) is 6.20. The first-order chi connectivity index (χ1) is 9.80. The quantitative estimate of drug-likeness (QED) is 0.811. The lowest BCUT2D eigenvalue weighted by atomic mass is 9.81. The minimum atomic E-state index is 0.311. The lowest BCUT2D eigenvalue weighted by Gasteiger charge is -2.28. The summed E-state index contributed by atoms with van der Waals surface area (Å²) in [6.07, 6.45) is 15.7. The molecule has 3 aliphatic rings. The molecular formula is C18H33NO. The van der Waals surface area contributed by atoms with Crippen LogP contribution in [0.2, 0.25) is 0 Å². The molecule has 1 saturated heterocycles. The van der Waals surface area contributed by atoms with Crippen molar-refractivity contribution in [2.45, 2.75) is 89.3 Å². The molecular weight excluding hydrogens is 246 g/mol. The second kappa shape index (κ2) is 6.79. The molecule has 0 aromatic rings. The normalized spacial score (nSPS) is 36.8. The Labute approximate surface area is 125 Å². The van der Waals surface area contributed by atoms with E-state index < -0.39 is 0 Å². The van der Waals surface area contributed by atoms with Gasteiger partial charge in [0.15, 0.2) is 0 Å². The van der Waals surface area contributed by atoms with Gasteiger partial charge in [-0.3, -0.25) is 0 Å². The van der Waals surface area contributed by atoms with Crippen LogP contribution < -0.4 is 5.32 Å². The highest BCUT2D eigenvalue weighted by molar-refractivity contribution is 4.93. The van der Waals surface area contributed by atoms with E-state index in [-0.39, 0.29) is 0 Å². The highest BCUT2D eigenvalue weighted by Gasteiger charge is 2.41. The Bertz CT molecular complexity index is 290. The standard InChI is InChI=1S/C18H33NO/c1-2-15-5-7-16(8-6-15)13-19-14-17-9-12-18(20-17)10-3-4-11-18/h15-17,19H,2-14H2,1H3.